The Morgan fingerprint density at radius 1 is 1.05 bits per heavy atom. The molecule has 0 heterocycles. The van der Waals surface area contributed by atoms with Crippen LogP contribution in [0.2, 0.25) is 0 Å². The van der Waals surface area contributed by atoms with Crippen LogP contribution in [0.15, 0.2) is 0 Å². The number of amides is 1. The van der Waals surface area contributed by atoms with Crippen molar-refractivity contribution in [1.82, 2.24) is 0 Å². The van der Waals surface area contributed by atoms with Gasteiger partial charge in [0.15, 0.2) is 0 Å². The van der Waals surface area contributed by atoms with Crippen molar-refractivity contribution in [2.45, 2.75) is 24.9 Å². The highest BCUT2D eigenvalue weighted by atomic mass is 31.2. The van der Waals surface area contributed by atoms with Gasteiger partial charge in [0.25, 0.3) is 0 Å². The summed E-state index contributed by atoms with van der Waals surface area (Å²) < 4.78 is 13.8. The molecule has 0 spiro atoms. The maximum absolute atomic E-state index is 10.1. The fraction of sp³-hybridized carbons (Fsp3) is 0.625. The van der Waals surface area contributed by atoms with Gasteiger partial charge < -0.3 is 37.2 Å². The summed E-state index contributed by atoms with van der Waals surface area (Å²) >= 11 is 0. The summed E-state index contributed by atoms with van der Waals surface area (Å²) in [5.74, 6) is -3.02. The fourth-order valence-corrected chi connectivity index (χ4v) is 1.02. The van der Waals surface area contributed by atoms with Gasteiger partial charge in [-0.1, -0.05) is 0 Å². The minimum atomic E-state index is -4.60. The molecule has 0 fully saturated rings. The molecule has 21 heavy (non-hydrogen) atoms. The number of rotatable bonds is 8. The van der Waals surface area contributed by atoms with E-state index >= 15 is 0 Å². The lowest BCUT2D eigenvalue weighted by Crippen LogP contribution is -2.34. The fourth-order valence-electron chi connectivity index (χ4n) is 0.670. The van der Waals surface area contributed by atoms with Crippen molar-refractivity contribution < 1.29 is 43.5 Å². The average Bonchev–Trinajstić information content (AvgIpc) is 2.32. The summed E-state index contributed by atoms with van der Waals surface area (Å²) in [6.45, 7) is -0.709. The number of carbonyl (C=O) groups is 3. The van der Waals surface area contributed by atoms with Crippen molar-refractivity contribution in [3.8, 4) is 0 Å². The van der Waals surface area contributed by atoms with Gasteiger partial charge in [-0.05, 0) is 6.42 Å². The van der Waals surface area contributed by atoms with E-state index in [4.69, 9.17) is 37.2 Å². The highest BCUT2D eigenvalue weighted by Crippen LogP contribution is 2.35. The summed E-state index contributed by atoms with van der Waals surface area (Å²) in [4.78, 5) is 46.3. The number of carbonyl (C=O) groups excluding carboxylic acids is 1. The molecule has 0 aliphatic heterocycles. The normalized spacial score (nSPS) is 13.5. The second-order valence-corrected chi connectivity index (χ2v) is 4.92. The first-order valence-electron chi connectivity index (χ1n) is 5.32. The van der Waals surface area contributed by atoms with E-state index in [1.807, 2.05) is 0 Å². The van der Waals surface area contributed by atoms with Crippen LogP contribution < -0.4 is 17.2 Å². The number of phosphoric acid groups is 1. The topological polar surface area (TPSA) is 236 Å². The molecule has 0 bridgehead atoms. The number of carboxylic acids is 2. The lowest BCUT2D eigenvalue weighted by Gasteiger charge is -2.07. The van der Waals surface area contributed by atoms with Crippen LogP contribution in [0.4, 0.5) is 0 Å². The second kappa shape index (κ2) is 10.2. The Labute approximate surface area is 119 Å². The first-order valence-corrected chi connectivity index (χ1v) is 6.85. The van der Waals surface area contributed by atoms with Gasteiger partial charge in [0.2, 0.25) is 5.91 Å². The van der Waals surface area contributed by atoms with Crippen LogP contribution in [0.1, 0.15) is 12.8 Å². The van der Waals surface area contributed by atoms with Crippen molar-refractivity contribution in [1.29, 1.82) is 0 Å². The van der Waals surface area contributed by atoms with Crippen LogP contribution in [0.3, 0.4) is 0 Å². The van der Waals surface area contributed by atoms with E-state index in [0.717, 1.165) is 0 Å². The molecule has 2 atom stereocenters. The Balaban J connectivity index is 0. The van der Waals surface area contributed by atoms with Crippen molar-refractivity contribution in [3.05, 3.63) is 0 Å². The maximum atomic E-state index is 10.1. The minimum Gasteiger partial charge on any atom is -0.480 e. The van der Waals surface area contributed by atoms with Crippen molar-refractivity contribution in [2.75, 3.05) is 6.61 Å². The molecule has 0 aliphatic carbocycles. The Morgan fingerprint density at radius 3 is 1.76 bits per heavy atom. The standard InChI is InChI=1S/C5H10N2O3.C3H8NO6P/c6-3(5(9)10)1-2-4(7)8;4-2(3(5)6)1-10-11(7,8)9/h3H,1-2,6H2,(H2,7,8)(H,9,10);2H,1,4H2,(H,5,6)(H2,7,8,9)/t3-;2-/m00/s1. The van der Waals surface area contributed by atoms with E-state index < -0.39 is 44.4 Å². The molecule has 10 N–H and O–H groups in total. The molecule has 0 aromatic rings. The molecule has 0 unspecified atom stereocenters. The number of nitrogens with two attached hydrogens (primary N) is 3. The average molecular weight is 331 g/mol. The Bertz CT molecular complexity index is 410. The quantitative estimate of drug-likeness (QED) is 0.224. The Kier molecular flexibility index (Phi) is 10.6. The predicted octanol–water partition coefficient (Wildman–Crippen LogP) is -2.83. The van der Waals surface area contributed by atoms with Crippen molar-refractivity contribution in [2.24, 2.45) is 17.2 Å². The van der Waals surface area contributed by atoms with E-state index in [0.29, 0.717) is 0 Å². The molecule has 13 heteroatoms. The van der Waals surface area contributed by atoms with Crippen LogP contribution in [0.25, 0.3) is 0 Å². The zero-order valence-electron chi connectivity index (χ0n) is 10.8. The van der Waals surface area contributed by atoms with Crippen LogP contribution in [0, 0.1) is 0 Å². The molecule has 0 saturated carbocycles. The van der Waals surface area contributed by atoms with Gasteiger partial charge in [-0.25, -0.2) is 4.57 Å². The van der Waals surface area contributed by atoms with Gasteiger partial charge in [-0.15, -0.1) is 0 Å². The lowest BCUT2D eigenvalue weighted by molar-refractivity contribution is -0.140. The number of carboxylic acid groups (broad SMARTS) is 2. The molecule has 12 nitrogen and oxygen atoms in total. The van der Waals surface area contributed by atoms with Crippen LogP contribution in [0.5, 0.6) is 0 Å². The van der Waals surface area contributed by atoms with Gasteiger partial charge in [-0.3, -0.25) is 18.9 Å². The van der Waals surface area contributed by atoms with Gasteiger partial charge in [0.05, 0.1) is 6.61 Å². The van der Waals surface area contributed by atoms with Gasteiger partial charge in [-0.2, -0.15) is 0 Å². The monoisotopic (exact) mass is 331 g/mol. The molecule has 0 aromatic heterocycles. The molecular formula is C8H18N3O9P. The SMILES string of the molecule is NC(=O)CC[C@H](N)C(=O)O.N[C@@H](COP(=O)(O)O)C(=O)O. The first-order chi connectivity index (χ1) is 9.36. The molecule has 0 aliphatic rings. The molecule has 0 saturated heterocycles. The van der Waals surface area contributed by atoms with E-state index in [1.165, 1.54) is 0 Å². The summed E-state index contributed by atoms with van der Waals surface area (Å²) in [6, 6.07) is -2.39. The Morgan fingerprint density at radius 2 is 1.48 bits per heavy atom. The number of phosphoric ester groups is 1. The third-order valence-electron chi connectivity index (χ3n) is 1.76. The molecule has 124 valence electrons. The first kappa shape index (κ1) is 21.7. The van der Waals surface area contributed by atoms with E-state index in [2.05, 4.69) is 4.52 Å². The van der Waals surface area contributed by atoms with Crippen LogP contribution >= 0.6 is 7.82 Å². The summed E-state index contributed by atoms with van der Waals surface area (Å²) in [7, 11) is -4.60. The largest absolute Gasteiger partial charge is 0.480 e. The molecule has 0 aromatic carbocycles. The highest BCUT2D eigenvalue weighted by molar-refractivity contribution is 7.46. The third kappa shape index (κ3) is 16.4. The van der Waals surface area contributed by atoms with Crippen molar-refractivity contribution >= 4 is 25.7 Å². The number of hydrogen-bond acceptors (Lipinski definition) is 7. The second-order valence-electron chi connectivity index (χ2n) is 3.68. The van der Waals surface area contributed by atoms with Crippen LogP contribution in [-0.2, 0) is 23.5 Å². The molecule has 1 amide bonds. The number of aliphatic carboxylic acids is 2. The third-order valence-corrected chi connectivity index (χ3v) is 2.24. The zero-order valence-corrected chi connectivity index (χ0v) is 11.7. The van der Waals surface area contributed by atoms with Gasteiger partial charge in [0, 0.05) is 6.42 Å². The summed E-state index contributed by atoms with van der Waals surface area (Å²) in [6.07, 6.45) is 0.123. The summed E-state index contributed by atoms with van der Waals surface area (Å²) in [5, 5.41) is 16.3. The number of primary amides is 1. The maximum Gasteiger partial charge on any atom is 0.469 e. The van der Waals surface area contributed by atoms with Crippen LogP contribution in [-0.4, -0.2) is 56.5 Å². The van der Waals surface area contributed by atoms with Gasteiger partial charge >= 0.3 is 19.8 Å². The number of hydrogen-bond donors (Lipinski definition) is 7. The smallest absolute Gasteiger partial charge is 0.469 e. The van der Waals surface area contributed by atoms with Gasteiger partial charge in [0.1, 0.15) is 12.1 Å². The van der Waals surface area contributed by atoms with Crippen molar-refractivity contribution in [3.63, 3.8) is 0 Å². The predicted molar refractivity (Wildman–Crippen MR) is 67.6 cm³/mol. The lowest BCUT2D eigenvalue weighted by atomic mass is 10.2. The molecule has 0 rings (SSSR count). The van der Waals surface area contributed by atoms with E-state index in [1.54, 1.807) is 0 Å². The zero-order chi connectivity index (χ0) is 17.2. The summed E-state index contributed by atoms with van der Waals surface area (Å²) in [5.41, 5.74) is 14.7. The van der Waals surface area contributed by atoms with E-state index in [9.17, 15) is 18.9 Å². The van der Waals surface area contributed by atoms with E-state index in [-0.39, 0.29) is 12.8 Å². The minimum absolute atomic E-state index is 0.0213. The molecule has 0 radical (unpaired) electrons. The Hall–Kier alpha value is -1.56. The molecular weight excluding hydrogens is 313 g/mol. The highest BCUT2D eigenvalue weighted by Gasteiger charge is 2.19.